The van der Waals surface area contributed by atoms with E-state index < -0.39 is 5.91 Å². The second-order valence-corrected chi connectivity index (χ2v) is 5.62. The Bertz CT molecular complexity index is 891. The predicted octanol–water partition coefficient (Wildman–Crippen LogP) is 3.85. The Morgan fingerprint density at radius 2 is 2.12 bits per heavy atom. The molecule has 0 aromatic heterocycles. The largest absolute Gasteiger partial charge is 0.490 e. The second kappa shape index (κ2) is 8.88. The van der Waals surface area contributed by atoms with Crippen LogP contribution in [0.3, 0.4) is 0 Å². The first-order valence-corrected chi connectivity index (χ1v) is 8.07. The highest BCUT2D eigenvalue weighted by Crippen LogP contribution is 2.37. The zero-order valence-corrected chi connectivity index (χ0v) is 14.7. The molecule has 0 spiro atoms. The summed E-state index contributed by atoms with van der Waals surface area (Å²) in [5.41, 5.74) is 6.02. The van der Waals surface area contributed by atoms with Gasteiger partial charge in [-0.05, 0) is 48.4 Å². The van der Waals surface area contributed by atoms with Gasteiger partial charge in [-0.25, -0.2) is 4.39 Å². The van der Waals surface area contributed by atoms with E-state index in [4.69, 9.17) is 32.1 Å². The van der Waals surface area contributed by atoms with Crippen LogP contribution in [0.4, 0.5) is 4.39 Å². The highest BCUT2D eigenvalue weighted by molar-refractivity contribution is 6.32. The van der Waals surface area contributed by atoms with E-state index in [0.29, 0.717) is 23.5 Å². The number of hydrogen-bond acceptors (Lipinski definition) is 4. The van der Waals surface area contributed by atoms with Crippen LogP contribution in [0.5, 0.6) is 11.5 Å². The van der Waals surface area contributed by atoms with Crippen LogP contribution in [-0.2, 0) is 11.4 Å². The molecule has 2 rings (SSSR count). The third-order valence-corrected chi connectivity index (χ3v) is 3.58. The summed E-state index contributed by atoms with van der Waals surface area (Å²) < 4.78 is 24.5. The van der Waals surface area contributed by atoms with Crippen molar-refractivity contribution in [1.29, 1.82) is 5.26 Å². The van der Waals surface area contributed by atoms with Gasteiger partial charge >= 0.3 is 0 Å². The summed E-state index contributed by atoms with van der Waals surface area (Å²) in [6, 6.07) is 10.8. The van der Waals surface area contributed by atoms with Gasteiger partial charge in [-0.3, -0.25) is 4.79 Å². The van der Waals surface area contributed by atoms with Gasteiger partial charge in [-0.2, -0.15) is 5.26 Å². The minimum absolute atomic E-state index is 0.0947. The summed E-state index contributed by atoms with van der Waals surface area (Å²) in [6.45, 7) is 2.23. The number of primary amides is 1. The molecule has 5 nitrogen and oxygen atoms in total. The predicted molar refractivity (Wildman–Crippen MR) is 96.1 cm³/mol. The molecule has 0 aliphatic carbocycles. The number of nitrogens with zero attached hydrogens (tertiary/aromatic N) is 1. The number of carbonyl (C=O) groups excluding carboxylic acids is 1. The topological polar surface area (TPSA) is 85.3 Å². The molecule has 0 bridgehead atoms. The number of rotatable bonds is 7. The molecule has 0 aliphatic heterocycles. The Morgan fingerprint density at radius 1 is 1.35 bits per heavy atom. The maximum atomic E-state index is 13.3. The molecule has 2 aromatic carbocycles. The summed E-state index contributed by atoms with van der Waals surface area (Å²) in [7, 11) is 0. The molecule has 0 heterocycles. The number of ether oxygens (including phenoxy) is 2. The van der Waals surface area contributed by atoms with Crippen molar-refractivity contribution in [1.82, 2.24) is 0 Å². The van der Waals surface area contributed by atoms with Gasteiger partial charge in [0.1, 0.15) is 24.1 Å². The van der Waals surface area contributed by atoms with Crippen molar-refractivity contribution in [2.24, 2.45) is 5.73 Å². The van der Waals surface area contributed by atoms with Crippen molar-refractivity contribution in [2.75, 3.05) is 6.61 Å². The minimum atomic E-state index is -0.840. The van der Waals surface area contributed by atoms with Gasteiger partial charge in [0, 0.05) is 0 Å². The normalized spacial score (nSPS) is 10.9. The van der Waals surface area contributed by atoms with Crippen LogP contribution in [-0.4, -0.2) is 12.5 Å². The molecule has 1 amide bonds. The number of nitrogens with two attached hydrogens (primary N) is 1. The smallest absolute Gasteiger partial charge is 0.259 e. The molecular formula is C19H16ClFN2O3. The highest BCUT2D eigenvalue weighted by Gasteiger charge is 2.14. The van der Waals surface area contributed by atoms with E-state index in [1.54, 1.807) is 31.2 Å². The SMILES string of the molecule is CCOc1cc(/C=C(\C#N)C(N)=O)cc(Cl)c1OCc1cccc(F)c1. The highest BCUT2D eigenvalue weighted by atomic mass is 35.5. The van der Waals surface area contributed by atoms with Crippen LogP contribution >= 0.6 is 11.6 Å². The Hall–Kier alpha value is -3.04. The van der Waals surface area contributed by atoms with Crippen LogP contribution in [0.15, 0.2) is 42.0 Å². The molecule has 2 aromatic rings. The van der Waals surface area contributed by atoms with E-state index in [1.807, 2.05) is 0 Å². The molecule has 134 valence electrons. The van der Waals surface area contributed by atoms with Crippen molar-refractivity contribution >= 4 is 23.6 Å². The Labute approximate surface area is 155 Å². The first-order valence-electron chi connectivity index (χ1n) is 7.69. The summed E-state index contributed by atoms with van der Waals surface area (Å²) >= 11 is 6.27. The van der Waals surface area contributed by atoms with Gasteiger partial charge in [0.2, 0.25) is 0 Å². The van der Waals surface area contributed by atoms with Gasteiger partial charge in [0.25, 0.3) is 5.91 Å². The molecule has 0 atom stereocenters. The number of benzene rings is 2. The number of halogens is 2. The number of nitriles is 1. The fourth-order valence-electron chi connectivity index (χ4n) is 2.18. The van der Waals surface area contributed by atoms with Gasteiger partial charge in [0.15, 0.2) is 11.5 Å². The Balaban J connectivity index is 2.34. The lowest BCUT2D eigenvalue weighted by Gasteiger charge is -2.14. The monoisotopic (exact) mass is 374 g/mol. The summed E-state index contributed by atoms with van der Waals surface area (Å²) in [6.07, 6.45) is 1.31. The quantitative estimate of drug-likeness (QED) is 0.589. The second-order valence-electron chi connectivity index (χ2n) is 5.22. The summed E-state index contributed by atoms with van der Waals surface area (Å²) in [5.74, 6) is -0.580. The molecule has 0 fully saturated rings. The molecule has 2 N–H and O–H groups in total. The van der Waals surface area contributed by atoms with Gasteiger partial charge in [-0.15, -0.1) is 0 Å². The van der Waals surface area contributed by atoms with Gasteiger partial charge < -0.3 is 15.2 Å². The maximum absolute atomic E-state index is 13.3. The molecule has 0 radical (unpaired) electrons. The third kappa shape index (κ3) is 4.98. The van der Waals surface area contributed by atoms with Crippen molar-refractivity contribution in [3.8, 4) is 17.6 Å². The molecule has 7 heteroatoms. The van der Waals surface area contributed by atoms with Crippen LogP contribution < -0.4 is 15.2 Å². The van der Waals surface area contributed by atoms with Crippen LogP contribution in [0, 0.1) is 17.1 Å². The van der Waals surface area contributed by atoms with E-state index in [1.165, 1.54) is 24.3 Å². The van der Waals surface area contributed by atoms with Gasteiger partial charge in [0.05, 0.1) is 11.6 Å². The fraction of sp³-hybridized carbons (Fsp3) is 0.158. The van der Waals surface area contributed by atoms with E-state index in [-0.39, 0.29) is 28.8 Å². The van der Waals surface area contributed by atoms with Gasteiger partial charge in [-0.1, -0.05) is 23.7 Å². The van der Waals surface area contributed by atoms with Crippen molar-refractivity contribution in [2.45, 2.75) is 13.5 Å². The molecule has 0 saturated carbocycles. The summed E-state index contributed by atoms with van der Waals surface area (Å²) in [4.78, 5) is 11.2. The maximum Gasteiger partial charge on any atom is 0.259 e. The molecule has 0 saturated heterocycles. The molecule has 0 aliphatic rings. The van der Waals surface area contributed by atoms with E-state index in [0.717, 1.165) is 0 Å². The first kappa shape index (κ1) is 19.3. The minimum Gasteiger partial charge on any atom is -0.490 e. The summed E-state index contributed by atoms with van der Waals surface area (Å²) in [5, 5.41) is 9.17. The lowest BCUT2D eigenvalue weighted by atomic mass is 10.1. The average Bonchev–Trinajstić information content (AvgIpc) is 2.59. The number of amides is 1. The molecule has 26 heavy (non-hydrogen) atoms. The first-order chi connectivity index (χ1) is 12.4. The van der Waals surface area contributed by atoms with Crippen LogP contribution in [0.1, 0.15) is 18.1 Å². The lowest BCUT2D eigenvalue weighted by Crippen LogP contribution is -2.12. The fourth-order valence-corrected chi connectivity index (χ4v) is 2.46. The lowest BCUT2D eigenvalue weighted by molar-refractivity contribution is -0.114. The van der Waals surface area contributed by atoms with E-state index in [9.17, 15) is 9.18 Å². The van der Waals surface area contributed by atoms with Crippen molar-refractivity contribution in [3.63, 3.8) is 0 Å². The average molecular weight is 375 g/mol. The number of hydrogen-bond donors (Lipinski definition) is 1. The Morgan fingerprint density at radius 3 is 2.73 bits per heavy atom. The van der Waals surface area contributed by atoms with Crippen LogP contribution in [0.2, 0.25) is 5.02 Å². The third-order valence-electron chi connectivity index (χ3n) is 3.30. The Kier molecular flexibility index (Phi) is 6.59. The number of carbonyl (C=O) groups is 1. The van der Waals surface area contributed by atoms with Crippen LogP contribution in [0.25, 0.3) is 6.08 Å². The van der Waals surface area contributed by atoms with Crippen molar-refractivity contribution < 1.29 is 18.7 Å². The van der Waals surface area contributed by atoms with Crippen molar-refractivity contribution in [3.05, 3.63) is 63.9 Å². The standard InChI is InChI=1S/C19H16ClFN2O3/c1-2-25-17-9-13(6-14(10-22)19(23)24)8-16(20)18(17)26-11-12-4-3-5-15(21)7-12/h3-9H,2,11H2,1H3,(H2,23,24)/b14-6+. The zero-order chi connectivity index (χ0) is 19.1. The van der Waals surface area contributed by atoms with E-state index in [2.05, 4.69) is 0 Å². The molecular weight excluding hydrogens is 359 g/mol. The molecule has 0 unspecified atom stereocenters. The zero-order valence-electron chi connectivity index (χ0n) is 14.0. The van der Waals surface area contributed by atoms with E-state index >= 15 is 0 Å².